The van der Waals surface area contributed by atoms with Crippen molar-refractivity contribution in [1.82, 2.24) is 0 Å². The van der Waals surface area contributed by atoms with E-state index in [-0.39, 0.29) is 5.91 Å². The van der Waals surface area contributed by atoms with Crippen LogP contribution < -0.4 is 10.1 Å². The number of anilines is 1. The zero-order valence-corrected chi connectivity index (χ0v) is 19.4. The number of nitriles is 1. The molecule has 1 N–H and O–H groups in total. The van der Waals surface area contributed by atoms with Crippen LogP contribution in [0.15, 0.2) is 24.3 Å². The van der Waals surface area contributed by atoms with Crippen molar-refractivity contribution >= 4 is 34.5 Å². The number of rotatable bonds is 7. The molecule has 4 nitrogen and oxygen atoms in total. The zero-order valence-electron chi connectivity index (χ0n) is 17.8. The number of nitrogens with one attached hydrogen (secondary N) is 1. The van der Waals surface area contributed by atoms with Crippen molar-refractivity contribution in [1.29, 1.82) is 5.26 Å². The van der Waals surface area contributed by atoms with E-state index in [1.165, 1.54) is 16.9 Å². The van der Waals surface area contributed by atoms with Gasteiger partial charge in [-0.15, -0.1) is 11.3 Å². The SMILES string of the molecule is CC1CCc2c(C#N)c(NC(=O)CCCOc3ccc(C(C)C)cc3)sc(=S)c2C1. The summed E-state index contributed by atoms with van der Waals surface area (Å²) in [7, 11) is 0. The molecule has 158 valence electrons. The quantitative estimate of drug-likeness (QED) is 0.400. The Balaban J connectivity index is 1.56. The van der Waals surface area contributed by atoms with Crippen molar-refractivity contribution in [2.24, 2.45) is 5.92 Å². The highest BCUT2D eigenvalue weighted by Gasteiger charge is 2.23. The Morgan fingerprint density at radius 3 is 2.73 bits per heavy atom. The predicted molar refractivity (Wildman–Crippen MR) is 125 cm³/mol. The van der Waals surface area contributed by atoms with Crippen LogP contribution in [-0.2, 0) is 17.6 Å². The highest BCUT2D eigenvalue weighted by Crippen LogP contribution is 2.36. The van der Waals surface area contributed by atoms with Crippen molar-refractivity contribution in [2.45, 2.75) is 58.8 Å². The summed E-state index contributed by atoms with van der Waals surface area (Å²) < 4.78 is 6.53. The van der Waals surface area contributed by atoms with E-state index in [4.69, 9.17) is 17.0 Å². The van der Waals surface area contributed by atoms with Crippen LogP contribution in [0.5, 0.6) is 5.75 Å². The maximum atomic E-state index is 12.4. The average Bonchev–Trinajstić information content (AvgIpc) is 2.72. The number of fused-ring (bicyclic) bond motifs is 1. The van der Waals surface area contributed by atoms with Crippen LogP contribution in [0.2, 0.25) is 0 Å². The third-order valence-corrected chi connectivity index (χ3v) is 6.94. The van der Waals surface area contributed by atoms with Gasteiger partial charge in [-0.05, 0) is 66.3 Å². The lowest BCUT2D eigenvalue weighted by molar-refractivity contribution is -0.116. The fourth-order valence-corrected chi connectivity index (χ4v) is 5.11. The van der Waals surface area contributed by atoms with Gasteiger partial charge in [0.2, 0.25) is 5.91 Å². The Morgan fingerprint density at radius 2 is 2.07 bits per heavy atom. The average molecular weight is 441 g/mol. The Morgan fingerprint density at radius 1 is 1.33 bits per heavy atom. The Bertz CT molecular complexity index is 1000. The van der Waals surface area contributed by atoms with Crippen LogP contribution >= 0.6 is 23.6 Å². The van der Waals surface area contributed by atoms with Gasteiger partial charge in [-0.3, -0.25) is 4.79 Å². The van der Waals surface area contributed by atoms with E-state index in [1.807, 2.05) is 12.1 Å². The smallest absolute Gasteiger partial charge is 0.225 e. The molecule has 0 saturated carbocycles. The third-order valence-electron chi connectivity index (χ3n) is 5.50. The first-order valence-electron chi connectivity index (χ1n) is 10.5. The van der Waals surface area contributed by atoms with Gasteiger partial charge in [-0.1, -0.05) is 45.1 Å². The summed E-state index contributed by atoms with van der Waals surface area (Å²) in [5.74, 6) is 1.78. The molecule has 0 saturated heterocycles. The molecule has 0 radical (unpaired) electrons. The number of amides is 1. The molecule has 1 heterocycles. The van der Waals surface area contributed by atoms with Crippen molar-refractivity contribution in [3.63, 3.8) is 0 Å². The summed E-state index contributed by atoms with van der Waals surface area (Å²) in [6.45, 7) is 7.00. The lowest BCUT2D eigenvalue weighted by atomic mass is 9.85. The van der Waals surface area contributed by atoms with Gasteiger partial charge in [0, 0.05) is 6.42 Å². The summed E-state index contributed by atoms with van der Waals surface area (Å²) in [6, 6.07) is 10.4. The zero-order chi connectivity index (χ0) is 21.7. The van der Waals surface area contributed by atoms with Crippen molar-refractivity contribution in [2.75, 3.05) is 11.9 Å². The van der Waals surface area contributed by atoms with Gasteiger partial charge in [0.15, 0.2) is 0 Å². The summed E-state index contributed by atoms with van der Waals surface area (Å²) in [5, 5.41) is 13.2. The molecule has 1 aliphatic rings. The normalized spacial score (nSPS) is 15.4. The lowest BCUT2D eigenvalue weighted by Crippen LogP contribution is -2.17. The molecule has 2 aromatic rings. The highest BCUT2D eigenvalue weighted by molar-refractivity contribution is 7.73. The number of hydrogen-bond acceptors (Lipinski definition) is 5. The van der Waals surface area contributed by atoms with E-state index in [9.17, 15) is 10.1 Å². The number of carbonyl (C=O) groups excluding carboxylic acids is 1. The molecular formula is C24H28N2O2S2. The molecule has 1 aromatic carbocycles. The fraction of sp³-hybridized carbons (Fsp3) is 0.458. The predicted octanol–water partition coefficient (Wildman–Crippen LogP) is 6.40. The monoisotopic (exact) mass is 440 g/mol. The molecular weight excluding hydrogens is 412 g/mol. The van der Waals surface area contributed by atoms with Gasteiger partial charge < -0.3 is 10.1 Å². The number of carbonyl (C=O) groups is 1. The molecule has 30 heavy (non-hydrogen) atoms. The molecule has 0 bridgehead atoms. The second kappa shape index (κ2) is 10.2. The Kier molecular flexibility index (Phi) is 7.63. The topological polar surface area (TPSA) is 62.1 Å². The standard InChI is InChI=1S/C24H28N2O2S2/c1-15(2)17-7-9-18(10-8-17)28-12-4-5-22(27)26-23-21(14-25)19-11-6-16(3)13-20(19)24(29)30-23/h7-10,15-16H,4-6,11-13H2,1-3H3,(H,26,27). The van der Waals surface area contributed by atoms with E-state index in [0.29, 0.717) is 41.8 Å². The van der Waals surface area contributed by atoms with Gasteiger partial charge in [-0.25, -0.2) is 0 Å². The first-order valence-corrected chi connectivity index (χ1v) is 11.7. The van der Waals surface area contributed by atoms with Crippen molar-refractivity contribution in [3.8, 4) is 11.8 Å². The van der Waals surface area contributed by atoms with Gasteiger partial charge in [0.05, 0.1) is 16.0 Å². The third kappa shape index (κ3) is 5.47. The van der Waals surface area contributed by atoms with Crippen LogP contribution in [-0.4, -0.2) is 12.5 Å². The summed E-state index contributed by atoms with van der Waals surface area (Å²) in [6.07, 6.45) is 3.76. The molecule has 0 fully saturated rings. The maximum Gasteiger partial charge on any atom is 0.225 e. The van der Waals surface area contributed by atoms with E-state index >= 15 is 0 Å². The van der Waals surface area contributed by atoms with E-state index in [1.54, 1.807) is 0 Å². The Hall–Kier alpha value is -2.23. The van der Waals surface area contributed by atoms with Gasteiger partial charge in [0.25, 0.3) is 0 Å². The van der Waals surface area contributed by atoms with E-state index < -0.39 is 0 Å². The molecule has 0 aliphatic heterocycles. The molecule has 1 aliphatic carbocycles. The summed E-state index contributed by atoms with van der Waals surface area (Å²) in [4.78, 5) is 12.4. The molecule has 3 rings (SSSR count). The van der Waals surface area contributed by atoms with Crippen LogP contribution in [0.4, 0.5) is 5.00 Å². The van der Waals surface area contributed by atoms with E-state index in [2.05, 4.69) is 44.3 Å². The minimum absolute atomic E-state index is 0.111. The van der Waals surface area contributed by atoms with Crippen molar-refractivity contribution in [3.05, 3.63) is 50.3 Å². The van der Waals surface area contributed by atoms with Gasteiger partial charge in [0.1, 0.15) is 16.8 Å². The molecule has 0 spiro atoms. The second-order valence-electron chi connectivity index (χ2n) is 8.23. The first kappa shape index (κ1) is 22.5. The number of hydrogen-bond donors (Lipinski definition) is 1. The Labute approximate surface area is 187 Å². The molecule has 1 aromatic heterocycles. The number of benzene rings is 1. The molecule has 1 amide bonds. The first-order chi connectivity index (χ1) is 14.4. The fourth-order valence-electron chi connectivity index (χ4n) is 3.71. The molecule has 1 atom stereocenters. The van der Waals surface area contributed by atoms with E-state index in [0.717, 1.165) is 40.0 Å². The maximum absolute atomic E-state index is 12.4. The summed E-state index contributed by atoms with van der Waals surface area (Å²) in [5.41, 5.74) is 4.02. The highest BCUT2D eigenvalue weighted by atomic mass is 32.1. The van der Waals surface area contributed by atoms with Crippen LogP contribution in [0, 0.1) is 21.1 Å². The minimum Gasteiger partial charge on any atom is -0.494 e. The van der Waals surface area contributed by atoms with Gasteiger partial charge >= 0.3 is 0 Å². The van der Waals surface area contributed by atoms with Crippen LogP contribution in [0.3, 0.4) is 0 Å². The molecule has 6 heteroatoms. The van der Waals surface area contributed by atoms with Crippen LogP contribution in [0.25, 0.3) is 0 Å². The minimum atomic E-state index is -0.111. The van der Waals surface area contributed by atoms with Gasteiger partial charge in [-0.2, -0.15) is 5.26 Å². The van der Waals surface area contributed by atoms with Crippen molar-refractivity contribution < 1.29 is 9.53 Å². The molecule has 1 unspecified atom stereocenters. The van der Waals surface area contributed by atoms with Crippen LogP contribution in [0.1, 0.15) is 68.2 Å². The number of nitrogens with zero attached hydrogens (tertiary/aromatic N) is 1. The number of ether oxygens (including phenoxy) is 1. The largest absolute Gasteiger partial charge is 0.494 e. The summed E-state index contributed by atoms with van der Waals surface area (Å²) >= 11 is 6.91. The second-order valence-corrected chi connectivity index (χ2v) is 9.92. The lowest BCUT2D eigenvalue weighted by Gasteiger charge is -2.23.